The van der Waals surface area contributed by atoms with Gasteiger partial charge in [0.1, 0.15) is 10.6 Å². The van der Waals surface area contributed by atoms with Gasteiger partial charge in [0.05, 0.1) is 12.1 Å². The summed E-state index contributed by atoms with van der Waals surface area (Å²) in [5, 5.41) is 0.114. The second kappa shape index (κ2) is 6.21. The van der Waals surface area contributed by atoms with Crippen LogP contribution < -0.4 is 9.46 Å². The number of hydrogen-bond acceptors (Lipinski definition) is 4. The summed E-state index contributed by atoms with van der Waals surface area (Å²) >= 11 is 5.96. The highest BCUT2D eigenvalue weighted by Crippen LogP contribution is 2.26. The first-order valence-electron chi connectivity index (χ1n) is 5.75. The Morgan fingerprint density at radius 2 is 2.15 bits per heavy atom. The van der Waals surface area contributed by atoms with Crippen LogP contribution in [0.1, 0.15) is 5.56 Å². The van der Waals surface area contributed by atoms with E-state index in [9.17, 15) is 8.42 Å². The minimum absolute atomic E-state index is 0.0175. The normalized spacial score (nSPS) is 11.3. The van der Waals surface area contributed by atoms with Gasteiger partial charge in [0.25, 0.3) is 0 Å². The standard InChI is InChI=1S/C13H13ClN2O3S/c1-19-11-4-5-13(12(14)7-11)20(17,18)16-9-10-3-2-6-15-8-10/h2-8,16H,9H2,1H3. The van der Waals surface area contributed by atoms with Crippen LogP contribution in [0.4, 0.5) is 0 Å². The molecule has 0 fully saturated rings. The molecule has 0 aliphatic carbocycles. The maximum absolute atomic E-state index is 12.2. The number of halogens is 1. The fourth-order valence-electron chi connectivity index (χ4n) is 1.59. The summed E-state index contributed by atoms with van der Waals surface area (Å²) in [5.74, 6) is 0.501. The van der Waals surface area contributed by atoms with E-state index in [0.29, 0.717) is 5.75 Å². The molecule has 0 aliphatic heterocycles. The third kappa shape index (κ3) is 3.47. The number of benzene rings is 1. The molecule has 0 radical (unpaired) electrons. The van der Waals surface area contributed by atoms with Crippen LogP contribution in [0.3, 0.4) is 0 Å². The molecule has 0 saturated carbocycles. The molecule has 0 atom stereocenters. The van der Waals surface area contributed by atoms with Crippen molar-refractivity contribution in [2.24, 2.45) is 0 Å². The number of methoxy groups -OCH3 is 1. The highest BCUT2D eigenvalue weighted by atomic mass is 35.5. The molecule has 2 rings (SSSR count). The van der Waals surface area contributed by atoms with Gasteiger partial charge in [-0.15, -0.1) is 0 Å². The topological polar surface area (TPSA) is 68.3 Å². The summed E-state index contributed by atoms with van der Waals surface area (Å²) in [7, 11) is -2.19. The monoisotopic (exact) mass is 312 g/mol. The zero-order valence-corrected chi connectivity index (χ0v) is 12.3. The zero-order chi connectivity index (χ0) is 14.6. The van der Waals surface area contributed by atoms with E-state index in [1.807, 2.05) is 0 Å². The summed E-state index contributed by atoms with van der Waals surface area (Å²) < 4.78 is 31.8. The number of hydrogen-bond donors (Lipinski definition) is 1. The van der Waals surface area contributed by atoms with Crippen molar-refractivity contribution in [3.63, 3.8) is 0 Å². The van der Waals surface area contributed by atoms with E-state index in [0.717, 1.165) is 5.56 Å². The van der Waals surface area contributed by atoms with Gasteiger partial charge in [-0.05, 0) is 23.8 Å². The van der Waals surface area contributed by atoms with E-state index < -0.39 is 10.0 Å². The predicted octanol–water partition coefficient (Wildman–Crippen LogP) is 2.22. The van der Waals surface area contributed by atoms with Crippen LogP contribution in [0.5, 0.6) is 5.75 Å². The van der Waals surface area contributed by atoms with E-state index in [2.05, 4.69) is 9.71 Å². The van der Waals surface area contributed by atoms with Crippen LogP contribution in [-0.4, -0.2) is 20.5 Å². The molecule has 2 aromatic rings. The molecule has 7 heteroatoms. The molecule has 0 saturated heterocycles. The van der Waals surface area contributed by atoms with Crippen molar-refractivity contribution < 1.29 is 13.2 Å². The number of rotatable bonds is 5. The van der Waals surface area contributed by atoms with Gasteiger partial charge in [0, 0.05) is 25.0 Å². The molecule has 0 aliphatic rings. The number of nitrogens with zero attached hydrogens (tertiary/aromatic N) is 1. The Kier molecular flexibility index (Phi) is 4.59. The smallest absolute Gasteiger partial charge is 0.242 e. The lowest BCUT2D eigenvalue weighted by atomic mass is 10.3. The fourth-order valence-corrected chi connectivity index (χ4v) is 3.14. The first kappa shape index (κ1) is 14.8. The second-order valence-corrected chi connectivity index (χ2v) is 6.12. The Bertz CT molecular complexity index is 690. The molecular weight excluding hydrogens is 300 g/mol. The van der Waals surface area contributed by atoms with Crippen LogP contribution in [0.25, 0.3) is 0 Å². The van der Waals surface area contributed by atoms with E-state index >= 15 is 0 Å². The molecule has 0 spiro atoms. The van der Waals surface area contributed by atoms with E-state index in [1.54, 1.807) is 30.6 Å². The van der Waals surface area contributed by atoms with Gasteiger partial charge in [0.15, 0.2) is 0 Å². The molecule has 1 N–H and O–H groups in total. The predicted molar refractivity (Wildman–Crippen MR) is 76.3 cm³/mol. The minimum atomic E-state index is -3.68. The maximum Gasteiger partial charge on any atom is 0.242 e. The molecule has 0 unspecified atom stereocenters. The highest BCUT2D eigenvalue weighted by molar-refractivity contribution is 7.89. The van der Waals surface area contributed by atoms with Crippen molar-refractivity contribution in [1.82, 2.24) is 9.71 Å². The Hall–Kier alpha value is -1.63. The van der Waals surface area contributed by atoms with Crippen LogP contribution in [0.2, 0.25) is 5.02 Å². The average Bonchev–Trinajstić information content (AvgIpc) is 2.46. The number of sulfonamides is 1. The third-order valence-corrected chi connectivity index (χ3v) is 4.50. The second-order valence-electron chi connectivity index (χ2n) is 3.98. The van der Waals surface area contributed by atoms with Crippen molar-refractivity contribution in [2.45, 2.75) is 11.4 Å². The van der Waals surface area contributed by atoms with Crippen LogP contribution in [0, 0.1) is 0 Å². The van der Waals surface area contributed by atoms with Gasteiger partial charge in [-0.1, -0.05) is 17.7 Å². The zero-order valence-electron chi connectivity index (χ0n) is 10.7. The summed E-state index contributed by atoms with van der Waals surface area (Å²) in [6, 6.07) is 7.94. The first-order chi connectivity index (χ1) is 9.53. The van der Waals surface area contributed by atoms with Gasteiger partial charge in [0.2, 0.25) is 10.0 Å². The Labute approximate surface area is 122 Å². The number of nitrogens with one attached hydrogen (secondary N) is 1. The molecule has 1 aromatic carbocycles. The lowest BCUT2D eigenvalue weighted by Crippen LogP contribution is -2.23. The van der Waals surface area contributed by atoms with Crippen LogP contribution >= 0.6 is 11.6 Å². The first-order valence-corrected chi connectivity index (χ1v) is 7.61. The summed E-state index contributed by atoms with van der Waals surface area (Å²) in [5.41, 5.74) is 0.765. The molecular formula is C13H13ClN2O3S. The van der Waals surface area contributed by atoms with Crippen molar-refractivity contribution in [1.29, 1.82) is 0 Å². The molecule has 106 valence electrons. The van der Waals surface area contributed by atoms with E-state index in [-0.39, 0.29) is 16.5 Å². The van der Waals surface area contributed by atoms with Gasteiger partial charge >= 0.3 is 0 Å². The molecule has 0 amide bonds. The summed E-state index contributed by atoms with van der Waals surface area (Å²) in [6.45, 7) is 0.151. The van der Waals surface area contributed by atoms with Crippen LogP contribution in [0.15, 0.2) is 47.6 Å². The number of ether oxygens (including phenoxy) is 1. The number of aromatic nitrogens is 1. The minimum Gasteiger partial charge on any atom is -0.497 e. The molecule has 1 aromatic heterocycles. The lowest BCUT2D eigenvalue weighted by molar-refractivity contribution is 0.414. The van der Waals surface area contributed by atoms with Gasteiger partial charge in [-0.3, -0.25) is 4.98 Å². The summed E-state index contributed by atoms with van der Waals surface area (Å²) in [6.07, 6.45) is 3.22. The van der Waals surface area contributed by atoms with Crippen molar-refractivity contribution in [2.75, 3.05) is 7.11 Å². The van der Waals surface area contributed by atoms with Crippen molar-refractivity contribution in [3.05, 3.63) is 53.3 Å². The molecule has 5 nitrogen and oxygen atoms in total. The molecule has 0 bridgehead atoms. The Balaban J connectivity index is 2.18. The van der Waals surface area contributed by atoms with Crippen molar-refractivity contribution >= 4 is 21.6 Å². The number of pyridine rings is 1. The maximum atomic E-state index is 12.2. The Morgan fingerprint density at radius 3 is 2.75 bits per heavy atom. The SMILES string of the molecule is COc1ccc(S(=O)(=O)NCc2cccnc2)c(Cl)c1. The van der Waals surface area contributed by atoms with Gasteiger partial charge < -0.3 is 4.74 Å². The third-order valence-electron chi connectivity index (χ3n) is 2.62. The highest BCUT2D eigenvalue weighted by Gasteiger charge is 2.18. The van der Waals surface area contributed by atoms with Crippen molar-refractivity contribution in [3.8, 4) is 5.75 Å². The molecule has 20 heavy (non-hydrogen) atoms. The average molecular weight is 313 g/mol. The van der Waals surface area contributed by atoms with Gasteiger partial charge in [-0.25, -0.2) is 13.1 Å². The molecule has 1 heterocycles. The van der Waals surface area contributed by atoms with Gasteiger partial charge in [-0.2, -0.15) is 0 Å². The van der Waals surface area contributed by atoms with Crippen LogP contribution in [-0.2, 0) is 16.6 Å². The van der Waals surface area contributed by atoms with E-state index in [1.165, 1.54) is 19.2 Å². The Morgan fingerprint density at radius 1 is 1.35 bits per heavy atom. The summed E-state index contributed by atoms with van der Waals surface area (Å²) in [4.78, 5) is 3.94. The van der Waals surface area contributed by atoms with E-state index in [4.69, 9.17) is 16.3 Å². The quantitative estimate of drug-likeness (QED) is 0.919. The fraction of sp³-hybridized carbons (Fsp3) is 0.154. The largest absolute Gasteiger partial charge is 0.497 e. The lowest BCUT2D eigenvalue weighted by Gasteiger charge is -2.09.